The highest BCUT2D eigenvalue weighted by Gasteiger charge is 2.40. The average Bonchev–Trinajstić information content (AvgIpc) is 3.29. The van der Waals surface area contributed by atoms with E-state index < -0.39 is 16.1 Å². The summed E-state index contributed by atoms with van der Waals surface area (Å²) in [6, 6.07) is 9.69. The van der Waals surface area contributed by atoms with Crippen LogP contribution in [0.3, 0.4) is 0 Å². The number of para-hydroxylation sites is 1. The summed E-state index contributed by atoms with van der Waals surface area (Å²) in [5, 5.41) is 2.83. The second-order valence-corrected chi connectivity index (χ2v) is 9.69. The van der Waals surface area contributed by atoms with Crippen molar-refractivity contribution >= 4 is 38.9 Å². The Labute approximate surface area is 161 Å². The number of amides is 1. The van der Waals surface area contributed by atoms with Gasteiger partial charge >= 0.3 is 0 Å². The van der Waals surface area contributed by atoms with E-state index in [-0.39, 0.29) is 16.7 Å². The Morgan fingerprint density at radius 1 is 1.35 bits per heavy atom. The lowest BCUT2D eigenvalue weighted by molar-refractivity contribution is -0.124. The summed E-state index contributed by atoms with van der Waals surface area (Å²) in [4.78, 5) is 12.6. The first kappa shape index (κ1) is 19.2. The molecule has 1 aliphatic heterocycles. The van der Waals surface area contributed by atoms with Crippen molar-refractivity contribution in [1.29, 1.82) is 0 Å². The third kappa shape index (κ3) is 3.88. The third-order valence-electron chi connectivity index (χ3n) is 4.26. The average molecular weight is 415 g/mol. The van der Waals surface area contributed by atoms with Gasteiger partial charge in [-0.15, -0.1) is 11.3 Å². The van der Waals surface area contributed by atoms with Gasteiger partial charge in [0.25, 0.3) is 10.0 Å². The van der Waals surface area contributed by atoms with Crippen molar-refractivity contribution in [2.45, 2.75) is 29.6 Å². The molecule has 0 saturated carbocycles. The van der Waals surface area contributed by atoms with Gasteiger partial charge < -0.3 is 10.1 Å². The predicted octanol–water partition coefficient (Wildman–Crippen LogP) is 2.88. The number of nitrogens with one attached hydrogen (secondary N) is 1. The van der Waals surface area contributed by atoms with Gasteiger partial charge in [0.2, 0.25) is 5.91 Å². The Morgan fingerprint density at radius 3 is 2.81 bits per heavy atom. The van der Waals surface area contributed by atoms with Gasteiger partial charge in [-0.3, -0.25) is 4.79 Å². The number of thiophene rings is 1. The number of carbonyl (C=O) groups is 1. The van der Waals surface area contributed by atoms with Crippen molar-refractivity contribution < 1.29 is 17.9 Å². The zero-order valence-electron chi connectivity index (χ0n) is 14.1. The number of ether oxygens (including phenoxy) is 1. The molecule has 0 spiro atoms. The maximum atomic E-state index is 12.8. The van der Waals surface area contributed by atoms with Crippen LogP contribution in [0.2, 0.25) is 4.34 Å². The van der Waals surface area contributed by atoms with Crippen molar-refractivity contribution in [3.05, 3.63) is 46.3 Å². The van der Waals surface area contributed by atoms with Gasteiger partial charge in [0.05, 0.1) is 11.4 Å². The number of hydrogen-bond acceptors (Lipinski definition) is 5. The lowest BCUT2D eigenvalue weighted by Crippen LogP contribution is -2.45. The van der Waals surface area contributed by atoms with Crippen LogP contribution in [0.15, 0.2) is 40.6 Å². The molecule has 2 heterocycles. The van der Waals surface area contributed by atoms with Crippen molar-refractivity contribution in [2.75, 3.05) is 13.7 Å². The summed E-state index contributed by atoms with van der Waals surface area (Å²) in [5.41, 5.74) is 0.834. The van der Waals surface area contributed by atoms with E-state index in [1.54, 1.807) is 13.2 Å². The van der Waals surface area contributed by atoms with Gasteiger partial charge in [-0.2, -0.15) is 4.31 Å². The first-order valence-electron chi connectivity index (χ1n) is 8.10. The molecular formula is C17H19ClN2O4S2. The van der Waals surface area contributed by atoms with Gasteiger partial charge in [-0.05, 0) is 31.0 Å². The molecule has 1 aliphatic rings. The fourth-order valence-electron chi connectivity index (χ4n) is 2.99. The van der Waals surface area contributed by atoms with Crippen LogP contribution in [0, 0.1) is 0 Å². The molecule has 3 rings (SSSR count). The van der Waals surface area contributed by atoms with Crippen LogP contribution in [0.5, 0.6) is 5.75 Å². The van der Waals surface area contributed by atoms with E-state index in [2.05, 4.69) is 5.32 Å². The number of sulfonamides is 1. The molecule has 1 atom stereocenters. The minimum atomic E-state index is -3.73. The highest BCUT2D eigenvalue weighted by Crippen LogP contribution is 2.32. The first-order valence-corrected chi connectivity index (χ1v) is 10.7. The molecule has 1 fully saturated rings. The number of nitrogens with zero attached hydrogens (tertiary/aromatic N) is 1. The molecule has 1 saturated heterocycles. The van der Waals surface area contributed by atoms with E-state index in [0.717, 1.165) is 16.9 Å². The van der Waals surface area contributed by atoms with Gasteiger partial charge in [0, 0.05) is 18.7 Å². The summed E-state index contributed by atoms with van der Waals surface area (Å²) in [5.74, 6) is 0.372. The van der Waals surface area contributed by atoms with Gasteiger partial charge in [0.1, 0.15) is 16.0 Å². The van der Waals surface area contributed by atoms with E-state index in [4.69, 9.17) is 16.3 Å². The number of benzene rings is 1. The minimum Gasteiger partial charge on any atom is -0.496 e. The molecule has 2 aromatic rings. The van der Waals surface area contributed by atoms with Gasteiger partial charge in [-0.25, -0.2) is 8.42 Å². The van der Waals surface area contributed by atoms with Crippen LogP contribution >= 0.6 is 22.9 Å². The topological polar surface area (TPSA) is 75.7 Å². The highest BCUT2D eigenvalue weighted by molar-refractivity contribution is 7.91. The van der Waals surface area contributed by atoms with Gasteiger partial charge in [0.15, 0.2) is 0 Å². The highest BCUT2D eigenvalue weighted by atomic mass is 35.5. The standard InChI is InChI=1S/C17H19ClN2O4S2/c1-24-14-7-3-2-5-12(14)11-19-17(21)13-6-4-10-20(13)26(22,23)16-9-8-15(18)25-16/h2-3,5,7-9,13H,4,6,10-11H2,1H3,(H,19,21)/t13-/m0/s1. The molecule has 6 nitrogen and oxygen atoms in total. The Morgan fingerprint density at radius 2 is 2.12 bits per heavy atom. The number of hydrogen-bond donors (Lipinski definition) is 1. The SMILES string of the molecule is COc1ccccc1CNC(=O)[C@@H]1CCCN1S(=O)(=O)c1ccc(Cl)s1. The summed E-state index contributed by atoms with van der Waals surface area (Å²) in [7, 11) is -2.16. The second kappa shape index (κ2) is 7.96. The lowest BCUT2D eigenvalue weighted by atomic mass is 10.2. The molecule has 0 bridgehead atoms. The Hall–Kier alpha value is -1.61. The molecular weight excluding hydrogens is 396 g/mol. The Kier molecular flexibility index (Phi) is 5.86. The zero-order valence-corrected chi connectivity index (χ0v) is 16.5. The smallest absolute Gasteiger partial charge is 0.253 e. The molecule has 0 aliphatic carbocycles. The third-order valence-corrected chi connectivity index (χ3v) is 7.87. The summed E-state index contributed by atoms with van der Waals surface area (Å²) in [6.07, 6.45) is 1.14. The second-order valence-electron chi connectivity index (χ2n) is 5.86. The van der Waals surface area contributed by atoms with Crippen LogP contribution in [-0.2, 0) is 21.4 Å². The van der Waals surface area contributed by atoms with Crippen molar-refractivity contribution in [3.63, 3.8) is 0 Å². The maximum Gasteiger partial charge on any atom is 0.253 e. The lowest BCUT2D eigenvalue weighted by Gasteiger charge is -2.22. The normalized spacial score (nSPS) is 18.0. The Balaban J connectivity index is 1.72. The summed E-state index contributed by atoms with van der Waals surface area (Å²) >= 11 is 6.86. The number of rotatable bonds is 6. The molecule has 26 heavy (non-hydrogen) atoms. The van der Waals surface area contributed by atoms with Crippen LogP contribution in [0.1, 0.15) is 18.4 Å². The van der Waals surface area contributed by atoms with Crippen molar-refractivity contribution in [2.24, 2.45) is 0 Å². The minimum absolute atomic E-state index is 0.159. The summed E-state index contributed by atoms with van der Waals surface area (Å²) < 4.78 is 32.7. The molecule has 0 radical (unpaired) electrons. The quantitative estimate of drug-likeness (QED) is 0.788. The predicted molar refractivity (Wildman–Crippen MR) is 101 cm³/mol. The zero-order chi connectivity index (χ0) is 18.7. The largest absolute Gasteiger partial charge is 0.496 e. The molecule has 9 heteroatoms. The van der Waals surface area contributed by atoms with Crippen molar-refractivity contribution in [1.82, 2.24) is 9.62 Å². The first-order chi connectivity index (χ1) is 12.4. The molecule has 140 valence electrons. The van der Waals surface area contributed by atoms with E-state index in [1.807, 2.05) is 24.3 Å². The van der Waals surface area contributed by atoms with Crippen LogP contribution in [0.4, 0.5) is 0 Å². The van der Waals surface area contributed by atoms with E-state index in [9.17, 15) is 13.2 Å². The molecule has 1 amide bonds. The van der Waals surface area contributed by atoms with Crippen molar-refractivity contribution in [3.8, 4) is 5.75 Å². The van der Waals surface area contributed by atoms with Crippen LogP contribution in [-0.4, -0.2) is 38.3 Å². The van der Waals surface area contributed by atoms with E-state index in [1.165, 1.54) is 10.4 Å². The summed E-state index contributed by atoms with van der Waals surface area (Å²) in [6.45, 7) is 0.600. The number of methoxy groups -OCH3 is 1. The fourth-order valence-corrected chi connectivity index (χ4v) is 6.26. The molecule has 1 aromatic carbocycles. The van der Waals surface area contributed by atoms with E-state index in [0.29, 0.717) is 29.5 Å². The van der Waals surface area contributed by atoms with E-state index >= 15 is 0 Å². The van der Waals surface area contributed by atoms with Crippen LogP contribution < -0.4 is 10.1 Å². The number of halogens is 1. The molecule has 0 unspecified atom stereocenters. The molecule has 1 aromatic heterocycles. The monoisotopic (exact) mass is 414 g/mol. The molecule has 1 N–H and O–H groups in total. The number of carbonyl (C=O) groups excluding carboxylic acids is 1. The van der Waals surface area contributed by atoms with Crippen LogP contribution in [0.25, 0.3) is 0 Å². The maximum absolute atomic E-state index is 12.8. The fraction of sp³-hybridized carbons (Fsp3) is 0.353. The Bertz CT molecular complexity index is 898. The van der Waals surface area contributed by atoms with Gasteiger partial charge in [-0.1, -0.05) is 29.8 Å².